The molecule has 2 nitrogen and oxygen atoms in total. The highest BCUT2D eigenvalue weighted by Crippen LogP contribution is 2.47. The van der Waals surface area contributed by atoms with Crippen molar-refractivity contribution < 1.29 is 9.90 Å². The van der Waals surface area contributed by atoms with E-state index in [1.165, 1.54) is 0 Å². The van der Waals surface area contributed by atoms with Gasteiger partial charge < -0.3 is 9.90 Å². The minimum absolute atomic E-state index is 0.417. The number of hydrogen-bond acceptors (Lipinski definition) is 3. The molecule has 0 radical (unpaired) electrons. The van der Waals surface area contributed by atoms with E-state index in [0.717, 1.165) is 0 Å². The highest BCUT2D eigenvalue weighted by molar-refractivity contribution is 8.08. The molecule has 0 amide bonds. The summed E-state index contributed by atoms with van der Waals surface area (Å²) in [5.41, 5.74) is 0. The molecule has 0 aromatic heterocycles. The summed E-state index contributed by atoms with van der Waals surface area (Å²) in [6.07, 6.45) is 5.80. The lowest BCUT2D eigenvalue weighted by Gasteiger charge is -1.94. The Labute approximate surface area is 63.6 Å². The van der Waals surface area contributed by atoms with Crippen LogP contribution in [0.2, 0.25) is 0 Å². The van der Waals surface area contributed by atoms with Crippen molar-refractivity contribution in [3.05, 3.63) is 24.0 Å². The van der Waals surface area contributed by atoms with Gasteiger partial charge in [-0.2, -0.15) is 0 Å². The van der Waals surface area contributed by atoms with Crippen LogP contribution in [0.5, 0.6) is 0 Å². The van der Waals surface area contributed by atoms with E-state index in [-0.39, 0.29) is 0 Å². The molecule has 1 saturated heterocycles. The largest absolute Gasteiger partial charge is 0.511 e. The summed E-state index contributed by atoms with van der Waals surface area (Å²) in [5.74, 6) is 0.544. The maximum Gasteiger partial charge on any atom is 0.107 e. The van der Waals surface area contributed by atoms with Gasteiger partial charge >= 0.3 is 0 Å². The molecule has 1 N–H and O–H groups in total. The molecule has 1 heterocycles. The van der Waals surface area contributed by atoms with Crippen LogP contribution in [0.3, 0.4) is 0 Å². The summed E-state index contributed by atoms with van der Waals surface area (Å²) in [6.45, 7) is 2.00. The first-order chi connectivity index (χ1) is 4.88. The average Bonchev–Trinajstić information content (AvgIpc) is 2.72. The lowest BCUT2D eigenvalue weighted by atomic mass is 10.2. The standard InChI is InChI=1S/C6H6OS.CH2O/c7-4-2-1-3-5-6(4)8-5;1-2/h1-3,5-7H;1H2. The molecular formula is C7H8O2S. The molecule has 1 fully saturated rings. The van der Waals surface area contributed by atoms with Crippen molar-refractivity contribution in [2.45, 2.75) is 10.5 Å². The Morgan fingerprint density at radius 1 is 1.60 bits per heavy atom. The molecule has 0 aromatic rings. The zero-order valence-corrected chi connectivity index (χ0v) is 6.17. The molecule has 1 aliphatic heterocycles. The summed E-state index contributed by atoms with van der Waals surface area (Å²) in [4.78, 5) is 8.00. The van der Waals surface area contributed by atoms with Gasteiger partial charge in [-0.1, -0.05) is 12.2 Å². The SMILES string of the molecule is C=O.OC1=CC=CC2SC12. The Balaban J connectivity index is 0.000000231. The predicted octanol–water partition coefficient (Wildman–Crippen LogP) is 1.30. The molecule has 2 unspecified atom stereocenters. The van der Waals surface area contributed by atoms with Gasteiger partial charge in [0.25, 0.3) is 0 Å². The number of aliphatic hydroxyl groups is 1. The van der Waals surface area contributed by atoms with Crippen molar-refractivity contribution in [3.63, 3.8) is 0 Å². The molecule has 2 atom stereocenters. The Bertz CT molecular complexity index is 186. The molecule has 10 heavy (non-hydrogen) atoms. The van der Waals surface area contributed by atoms with Crippen molar-refractivity contribution in [3.8, 4) is 0 Å². The number of carbonyl (C=O) groups excluding carboxylic acids is 1. The van der Waals surface area contributed by atoms with E-state index in [1.54, 1.807) is 17.8 Å². The fourth-order valence-corrected chi connectivity index (χ4v) is 1.74. The van der Waals surface area contributed by atoms with Crippen molar-refractivity contribution >= 4 is 18.6 Å². The molecule has 54 valence electrons. The zero-order chi connectivity index (χ0) is 7.56. The number of fused-ring (bicyclic) bond motifs is 1. The highest BCUT2D eigenvalue weighted by Gasteiger charge is 2.40. The Morgan fingerprint density at radius 2 is 2.30 bits per heavy atom. The zero-order valence-electron chi connectivity index (χ0n) is 5.36. The highest BCUT2D eigenvalue weighted by atomic mass is 32.2. The van der Waals surface area contributed by atoms with Gasteiger partial charge in [0, 0.05) is 5.25 Å². The third kappa shape index (κ3) is 1.24. The van der Waals surface area contributed by atoms with E-state index in [0.29, 0.717) is 16.3 Å². The van der Waals surface area contributed by atoms with Crippen LogP contribution in [-0.4, -0.2) is 22.4 Å². The van der Waals surface area contributed by atoms with Crippen molar-refractivity contribution in [2.24, 2.45) is 0 Å². The van der Waals surface area contributed by atoms with Gasteiger partial charge in [-0.3, -0.25) is 0 Å². The first-order valence-electron chi connectivity index (χ1n) is 2.89. The third-order valence-corrected chi connectivity index (χ3v) is 2.64. The molecule has 0 aromatic carbocycles. The van der Waals surface area contributed by atoms with Crippen molar-refractivity contribution in [1.29, 1.82) is 0 Å². The Hall–Kier alpha value is -0.700. The third-order valence-electron chi connectivity index (χ3n) is 1.38. The Kier molecular flexibility index (Phi) is 2.17. The molecule has 0 spiro atoms. The van der Waals surface area contributed by atoms with Gasteiger partial charge in [0.05, 0.1) is 5.25 Å². The maximum absolute atomic E-state index is 9.01. The van der Waals surface area contributed by atoms with Crippen LogP contribution >= 0.6 is 11.8 Å². The Morgan fingerprint density at radius 3 is 2.80 bits per heavy atom. The summed E-state index contributed by atoms with van der Waals surface area (Å²) in [5, 5.41) is 10.0. The van der Waals surface area contributed by atoms with Gasteiger partial charge in [0.2, 0.25) is 0 Å². The smallest absolute Gasteiger partial charge is 0.107 e. The molecule has 0 saturated carbocycles. The van der Waals surface area contributed by atoms with Gasteiger partial charge in [0.15, 0.2) is 0 Å². The first-order valence-corrected chi connectivity index (χ1v) is 3.84. The number of thioether (sulfide) groups is 1. The fraction of sp³-hybridized carbons (Fsp3) is 0.286. The van der Waals surface area contributed by atoms with Crippen LogP contribution in [0, 0.1) is 0 Å². The minimum atomic E-state index is 0.417. The topological polar surface area (TPSA) is 37.3 Å². The maximum atomic E-state index is 9.01. The number of aliphatic hydroxyl groups excluding tert-OH is 1. The van der Waals surface area contributed by atoms with Gasteiger partial charge in [-0.05, 0) is 6.08 Å². The van der Waals surface area contributed by atoms with E-state index in [9.17, 15) is 0 Å². The second kappa shape index (κ2) is 2.92. The van der Waals surface area contributed by atoms with Crippen molar-refractivity contribution in [2.75, 3.05) is 0 Å². The van der Waals surface area contributed by atoms with Gasteiger partial charge in [-0.25, -0.2) is 0 Å². The average molecular weight is 156 g/mol. The number of carbonyl (C=O) groups is 1. The summed E-state index contributed by atoms with van der Waals surface area (Å²) in [7, 11) is 0. The molecule has 2 rings (SSSR count). The summed E-state index contributed by atoms with van der Waals surface area (Å²) in [6, 6.07) is 0. The molecular weight excluding hydrogens is 148 g/mol. The molecule has 1 aliphatic carbocycles. The van der Waals surface area contributed by atoms with Gasteiger partial charge in [0.1, 0.15) is 12.5 Å². The van der Waals surface area contributed by atoms with E-state index in [1.807, 2.05) is 12.9 Å². The second-order valence-electron chi connectivity index (χ2n) is 2.00. The van der Waals surface area contributed by atoms with E-state index >= 15 is 0 Å². The van der Waals surface area contributed by atoms with Crippen LogP contribution in [0.4, 0.5) is 0 Å². The number of rotatable bonds is 0. The second-order valence-corrected chi connectivity index (χ2v) is 3.32. The van der Waals surface area contributed by atoms with Crippen LogP contribution in [-0.2, 0) is 4.79 Å². The van der Waals surface area contributed by atoms with Crippen LogP contribution in [0.1, 0.15) is 0 Å². The van der Waals surface area contributed by atoms with Crippen molar-refractivity contribution in [1.82, 2.24) is 0 Å². The van der Waals surface area contributed by atoms with Crippen LogP contribution in [0.15, 0.2) is 24.0 Å². The van der Waals surface area contributed by atoms with Crippen LogP contribution < -0.4 is 0 Å². The normalized spacial score (nSPS) is 33.0. The summed E-state index contributed by atoms with van der Waals surface area (Å²) < 4.78 is 0. The predicted molar refractivity (Wildman–Crippen MR) is 42.1 cm³/mol. The van der Waals surface area contributed by atoms with E-state index in [4.69, 9.17) is 9.90 Å². The quantitative estimate of drug-likeness (QED) is 0.537. The minimum Gasteiger partial charge on any atom is -0.511 e. The number of allylic oxidation sites excluding steroid dienone is 2. The molecule has 0 bridgehead atoms. The summed E-state index contributed by atoms with van der Waals surface area (Å²) >= 11 is 1.80. The lowest BCUT2D eigenvalue weighted by Crippen LogP contribution is -1.97. The van der Waals surface area contributed by atoms with E-state index in [2.05, 4.69) is 6.08 Å². The number of hydrogen-bond donors (Lipinski definition) is 1. The lowest BCUT2D eigenvalue weighted by molar-refractivity contribution is -0.0979. The fourth-order valence-electron chi connectivity index (χ4n) is 0.867. The molecule has 3 heteroatoms. The monoisotopic (exact) mass is 156 g/mol. The van der Waals surface area contributed by atoms with Gasteiger partial charge in [-0.15, -0.1) is 11.8 Å². The van der Waals surface area contributed by atoms with E-state index < -0.39 is 0 Å². The molecule has 2 aliphatic rings. The first kappa shape index (κ1) is 7.41. The van der Waals surface area contributed by atoms with Crippen LogP contribution in [0.25, 0.3) is 0 Å².